The molecule has 30 heavy (non-hydrogen) atoms. The molecular weight excluding hydrogens is 374 g/mol. The second-order valence-electron chi connectivity index (χ2n) is 7.11. The van der Waals surface area contributed by atoms with Crippen LogP contribution in [0.3, 0.4) is 0 Å². The Morgan fingerprint density at radius 2 is 1.27 bits per heavy atom. The van der Waals surface area contributed by atoms with Gasteiger partial charge in [0.05, 0.1) is 11.7 Å². The summed E-state index contributed by atoms with van der Waals surface area (Å²) in [4.78, 5) is 20.0. The number of anilines is 2. The Morgan fingerprint density at radius 1 is 0.700 bits per heavy atom. The maximum absolute atomic E-state index is 10.0. The Labute approximate surface area is 175 Å². The van der Waals surface area contributed by atoms with E-state index in [0.29, 0.717) is 0 Å². The third-order valence-corrected chi connectivity index (χ3v) is 4.87. The fourth-order valence-electron chi connectivity index (χ4n) is 3.19. The Hall–Kier alpha value is -3.70. The molecule has 0 aromatic heterocycles. The van der Waals surface area contributed by atoms with Crippen molar-refractivity contribution in [2.45, 2.75) is 19.0 Å². The first-order chi connectivity index (χ1) is 14.5. The summed E-state index contributed by atoms with van der Waals surface area (Å²) in [6, 6.07) is 30.5. The molecule has 0 amide bonds. The van der Waals surface area contributed by atoms with E-state index in [1.165, 1.54) is 16.7 Å². The Bertz CT molecular complexity index is 1150. The van der Waals surface area contributed by atoms with Crippen molar-refractivity contribution in [2.75, 3.05) is 11.5 Å². The normalized spacial score (nSPS) is 12.6. The zero-order valence-electron chi connectivity index (χ0n) is 16.8. The van der Waals surface area contributed by atoms with E-state index >= 15 is 0 Å². The van der Waals surface area contributed by atoms with Gasteiger partial charge in [0.25, 0.3) is 0 Å². The van der Waals surface area contributed by atoms with Gasteiger partial charge in [0, 0.05) is 17.8 Å². The summed E-state index contributed by atoms with van der Waals surface area (Å²) in [6.45, 7) is 2.19. The SMILES string of the molecule is C[C@@H](NC(c1ccccc1)c1cccc(N)c1)c1ccccc1.Nc1cc(=O)c1=O. The molecule has 2 atom stereocenters. The van der Waals surface area contributed by atoms with Gasteiger partial charge in [-0.15, -0.1) is 0 Å². The van der Waals surface area contributed by atoms with E-state index in [1.54, 1.807) is 0 Å². The highest BCUT2D eigenvalue weighted by Gasteiger charge is 2.17. The minimum Gasteiger partial charge on any atom is -0.399 e. The van der Waals surface area contributed by atoms with Crippen molar-refractivity contribution in [3.8, 4) is 0 Å². The molecule has 0 aliphatic carbocycles. The molecule has 0 saturated heterocycles. The van der Waals surface area contributed by atoms with Crippen LogP contribution in [0.1, 0.15) is 35.7 Å². The maximum Gasteiger partial charge on any atom is 0.248 e. The predicted molar refractivity (Wildman–Crippen MR) is 123 cm³/mol. The van der Waals surface area contributed by atoms with Crippen molar-refractivity contribution in [3.63, 3.8) is 0 Å². The van der Waals surface area contributed by atoms with Gasteiger partial charge in [-0.05, 0) is 35.7 Å². The first-order valence-electron chi connectivity index (χ1n) is 9.73. The lowest BCUT2D eigenvalue weighted by molar-refractivity contribution is 0.516. The van der Waals surface area contributed by atoms with Crippen LogP contribution in [0.2, 0.25) is 0 Å². The van der Waals surface area contributed by atoms with Crippen molar-refractivity contribution in [3.05, 3.63) is 128 Å². The Kier molecular flexibility index (Phi) is 6.78. The minimum absolute atomic E-state index is 0.0741. The van der Waals surface area contributed by atoms with E-state index in [2.05, 4.69) is 66.8 Å². The molecule has 5 N–H and O–H groups in total. The predicted octanol–water partition coefficient (Wildman–Crippen LogP) is 3.57. The molecule has 5 heteroatoms. The number of nitrogens with two attached hydrogens (primary N) is 2. The highest BCUT2D eigenvalue weighted by molar-refractivity contribution is 5.44. The lowest BCUT2D eigenvalue weighted by Gasteiger charge is -2.25. The van der Waals surface area contributed by atoms with E-state index in [9.17, 15) is 9.59 Å². The van der Waals surface area contributed by atoms with E-state index < -0.39 is 10.9 Å². The third kappa shape index (κ3) is 5.21. The lowest BCUT2D eigenvalue weighted by atomic mass is 9.96. The summed E-state index contributed by atoms with van der Waals surface area (Å²) in [5.41, 5.74) is 14.4. The monoisotopic (exact) mass is 399 g/mol. The molecule has 0 heterocycles. The van der Waals surface area contributed by atoms with Gasteiger partial charge in [-0.3, -0.25) is 14.9 Å². The van der Waals surface area contributed by atoms with Crippen LogP contribution in [0.4, 0.5) is 11.4 Å². The molecule has 0 fully saturated rings. The quantitative estimate of drug-likeness (QED) is 0.352. The molecule has 4 aromatic carbocycles. The van der Waals surface area contributed by atoms with E-state index in [4.69, 9.17) is 11.5 Å². The second-order valence-corrected chi connectivity index (χ2v) is 7.11. The average molecular weight is 399 g/mol. The van der Waals surface area contributed by atoms with Gasteiger partial charge in [-0.2, -0.15) is 0 Å². The topological polar surface area (TPSA) is 98.2 Å². The van der Waals surface area contributed by atoms with Crippen molar-refractivity contribution in [2.24, 2.45) is 0 Å². The lowest BCUT2D eigenvalue weighted by Crippen LogP contribution is -2.31. The third-order valence-electron chi connectivity index (χ3n) is 4.87. The van der Waals surface area contributed by atoms with Crippen LogP contribution in [-0.4, -0.2) is 0 Å². The number of hydrogen-bond acceptors (Lipinski definition) is 5. The number of benzene rings is 3. The summed E-state index contributed by atoms with van der Waals surface area (Å²) in [6.07, 6.45) is 0. The van der Waals surface area contributed by atoms with Gasteiger partial charge in [0.1, 0.15) is 0 Å². The van der Waals surface area contributed by atoms with Crippen molar-refractivity contribution in [1.29, 1.82) is 0 Å². The summed E-state index contributed by atoms with van der Waals surface area (Å²) in [5.74, 6) is 0. The molecule has 4 aromatic rings. The fourth-order valence-corrected chi connectivity index (χ4v) is 3.19. The van der Waals surface area contributed by atoms with Crippen LogP contribution in [0, 0.1) is 0 Å². The first kappa shape index (κ1) is 21.0. The summed E-state index contributed by atoms with van der Waals surface area (Å²) >= 11 is 0. The minimum atomic E-state index is -0.556. The Morgan fingerprint density at radius 3 is 1.73 bits per heavy atom. The van der Waals surface area contributed by atoms with Crippen LogP contribution in [0.5, 0.6) is 0 Å². The maximum atomic E-state index is 10.0. The zero-order valence-corrected chi connectivity index (χ0v) is 16.8. The standard InChI is InChI=1S/C21H22N2.C4H3NO2/c1-16(17-9-4-2-5-10-17)23-21(18-11-6-3-7-12-18)19-13-8-14-20(22)15-19;5-2-1-3(6)4(2)7/h2-16,21,23H,22H2,1H3;1H,5H2/t16-,21?;/m1./s1. The summed E-state index contributed by atoms with van der Waals surface area (Å²) in [5, 5.41) is 3.74. The molecule has 152 valence electrons. The van der Waals surface area contributed by atoms with Crippen LogP contribution in [0.25, 0.3) is 0 Å². The van der Waals surface area contributed by atoms with Crippen LogP contribution >= 0.6 is 0 Å². The Balaban J connectivity index is 0.000000310. The first-order valence-corrected chi connectivity index (χ1v) is 9.73. The van der Waals surface area contributed by atoms with Gasteiger partial charge in [-0.1, -0.05) is 72.8 Å². The van der Waals surface area contributed by atoms with Crippen LogP contribution in [0.15, 0.2) is 101 Å². The van der Waals surface area contributed by atoms with Crippen molar-refractivity contribution in [1.82, 2.24) is 5.32 Å². The number of rotatable bonds is 5. The largest absolute Gasteiger partial charge is 0.399 e. The van der Waals surface area contributed by atoms with Crippen molar-refractivity contribution >= 4 is 11.4 Å². The molecule has 0 spiro atoms. The van der Waals surface area contributed by atoms with Crippen molar-refractivity contribution < 1.29 is 0 Å². The number of nitrogens with one attached hydrogen (secondary N) is 1. The number of hydrogen-bond donors (Lipinski definition) is 3. The molecule has 1 unspecified atom stereocenters. The summed E-state index contributed by atoms with van der Waals surface area (Å²) < 4.78 is 0. The highest BCUT2D eigenvalue weighted by atomic mass is 16.2. The average Bonchev–Trinajstić information content (AvgIpc) is 2.79. The van der Waals surface area contributed by atoms with Gasteiger partial charge in [0.2, 0.25) is 10.9 Å². The smallest absolute Gasteiger partial charge is 0.248 e. The van der Waals surface area contributed by atoms with Gasteiger partial charge >= 0.3 is 0 Å². The second kappa shape index (κ2) is 9.67. The molecule has 0 bridgehead atoms. The molecular formula is C25H25N3O2. The highest BCUT2D eigenvalue weighted by Crippen LogP contribution is 2.27. The van der Waals surface area contributed by atoms with Gasteiger partial charge in [-0.25, -0.2) is 0 Å². The van der Waals surface area contributed by atoms with E-state index in [0.717, 1.165) is 11.8 Å². The van der Waals surface area contributed by atoms with E-state index in [-0.39, 0.29) is 17.8 Å². The fraction of sp³-hybridized carbons (Fsp3) is 0.120. The number of nitrogen functional groups attached to an aromatic ring is 2. The summed E-state index contributed by atoms with van der Waals surface area (Å²) in [7, 11) is 0. The molecule has 0 aliphatic heterocycles. The molecule has 5 nitrogen and oxygen atoms in total. The van der Waals surface area contributed by atoms with Crippen LogP contribution in [-0.2, 0) is 0 Å². The van der Waals surface area contributed by atoms with Gasteiger partial charge in [0.15, 0.2) is 0 Å². The van der Waals surface area contributed by atoms with E-state index in [1.807, 2.05) is 30.3 Å². The molecule has 0 radical (unpaired) electrons. The zero-order chi connectivity index (χ0) is 21.5. The molecule has 4 rings (SSSR count). The molecule has 0 aliphatic rings. The van der Waals surface area contributed by atoms with Gasteiger partial charge < -0.3 is 11.5 Å². The molecule has 0 saturated carbocycles. The van der Waals surface area contributed by atoms with Crippen LogP contribution < -0.4 is 27.6 Å².